The zero-order chi connectivity index (χ0) is 22.2. The van der Waals surface area contributed by atoms with E-state index in [-0.39, 0.29) is 21.9 Å². The molecule has 0 aliphatic carbocycles. The average Bonchev–Trinajstić information content (AvgIpc) is 2.77. The van der Waals surface area contributed by atoms with Gasteiger partial charge in [-0.15, -0.1) is 0 Å². The van der Waals surface area contributed by atoms with Crippen LogP contribution in [0.4, 0.5) is 0 Å². The molecule has 9 heteroatoms. The molecule has 0 fully saturated rings. The third kappa shape index (κ3) is 3.75. The van der Waals surface area contributed by atoms with Crippen molar-refractivity contribution >= 4 is 20.6 Å². The number of methoxy groups -OCH3 is 1. The molecular weight excluding hydrogens is 418 g/mol. The van der Waals surface area contributed by atoms with Crippen molar-refractivity contribution < 1.29 is 13.2 Å². The second kappa shape index (κ2) is 7.84. The minimum Gasteiger partial charge on any atom is -0.497 e. The molecule has 0 aliphatic rings. The molecule has 4 rings (SSSR count). The van der Waals surface area contributed by atoms with E-state index in [0.717, 1.165) is 5.56 Å². The van der Waals surface area contributed by atoms with Crippen molar-refractivity contribution in [3.05, 3.63) is 92.8 Å². The molecule has 0 unspecified atom stereocenters. The number of aromatic amines is 1. The van der Waals surface area contributed by atoms with Crippen LogP contribution < -0.4 is 15.9 Å². The van der Waals surface area contributed by atoms with Gasteiger partial charge in [0, 0.05) is 17.1 Å². The third-order valence-electron chi connectivity index (χ3n) is 5.11. The number of benzene rings is 2. The fourth-order valence-corrected chi connectivity index (χ4v) is 4.59. The zero-order valence-electron chi connectivity index (χ0n) is 16.8. The van der Waals surface area contributed by atoms with Gasteiger partial charge in [-0.25, -0.2) is 13.1 Å². The number of hydrogen-bond acceptors (Lipinski definition) is 6. The minimum atomic E-state index is -3.78. The van der Waals surface area contributed by atoms with Crippen molar-refractivity contribution in [3.63, 3.8) is 0 Å². The molecule has 4 aromatic rings. The number of aryl methyl sites for hydroxylation is 1. The van der Waals surface area contributed by atoms with E-state index in [0.29, 0.717) is 22.1 Å². The number of sulfone groups is 1. The van der Waals surface area contributed by atoms with Gasteiger partial charge in [-0.05, 0) is 61.0 Å². The second-order valence-electron chi connectivity index (χ2n) is 7.00. The Hall–Kier alpha value is -3.72. The number of pyridine rings is 1. The average molecular weight is 437 g/mol. The summed E-state index contributed by atoms with van der Waals surface area (Å²) in [6, 6.07) is 12.1. The summed E-state index contributed by atoms with van der Waals surface area (Å²) in [5.41, 5.74) is 0.497. The molecule has 0 amide bonds. The van der Waals surface area contributed by atoms with Crippen LogP contribution in [0.1, 0.15) is 11.1 Å². The lowest BCUT2D eigenvalue weighted by atomic mass is 10.1. The van der Waals surface area contributed by atoms with E-state index in [4.69, 9.17) is 4.74 Å². The second-order valence-corrected chi connectivity index (χ2v) is 8.95. The van der Waals surface area contributed by atoms with Crippen molar-refractivity contribution in [2.45, 2.75) is 23.3 Å². The van der Waals surface area contributed by atoms with Gasteiger partial charge in [0.25, 0.3) is 11.1 Å². The highest BCUT2D eigenvalue weighted by atomic mass is 32.2. The van der Waals surface area contributed by atoms with Gasteiger partial charge in [0.05, 0.1) is 35.0 Å². The van der Waals surface area contributed by atoms with Crippen LogP contribution in [0.2, 0.25) is 0 Å². The predicted octanol–water partition coefficient (Wildman–Crippen LogP) is 2.28. The molecule has 0 bridgehead atoms. The minimum absolute atomic E-state index is 0.0165. The van der Waals surface area contributed by atoms with E-state index < -0.39 is 15.4 Å². The van der Waals surface area contributed by atoms with Gasteiger partial charge >= 0.3 is 0 Å². The van der Waals surface area contributed by atoms with Gasteiger partial charge in [-0.1, -0.05) is 0 Å². The summed E-state index contributed by atoms with van der Waals surface area (Å²) in [6.45, 7) is 1.80. The van der Waals surface area contributed by atoms with Crippen LogP contribution in [0.5, 0.6) is 5.75 Å². The molecule has 1 N–H and O–H groups in total. The molecule has 2 heterocycles. The normalized spacial score (nSPS) is 11.5. The van der Waals surface area contributed by atoms with Crippen molar-refractivity contribution in [3.8, 4) is 5.75 Å². The van der Waals surface area contributed by atoms with Gasteiger partial charge in [0.2, 0.25) is 9.84 Å². The molecule has 0 saturated carbocycles. The molecule has 0 radical (unpaired) electrons. The maximum Gasteiger partial charge on any atom is 0.274 e. The summed E-state index contributed by atoms with van der Waals surface area (Å²) < 4.78 is 32.2. The molecule has 0 aliphatic heterocycles. The molecule has 0 saturated heterocycles. The maximum atomic E-state index is 13.0. The predicted molar refractivity (Wildman–Crippen MR) is 115 cm³/mol. The number of fused-ring (bicyclic) bond motifs is 1. The summed E-state index contributed by atoms with van der Waals surface area (Å²) in [7, 11) is -2.27. The van der Waals surface area contributed by atoms with Crippen LogP contribution in [0, 0.1) is 6.92 Å². The number of hydrogen-bond donors (Lipinski definition) is 1. The highest BCUT2D eigenvalue weighted by Crippen LogP contribution is 2.25. The Morgan fingerprint density at radius 1 is 1.03 bits per heavy atom. The van der Waals surface area contributed by atoms with Crippen molar-refractivity contribution in [1.82, 2.24) is 14.8 Å². The largest absolute Gasteiger partial charge is 0.497 e. The van der Waals surface area contributed by atoms with Crippen LogP contribution >= 0.6 is 0 Å². The first-order chi connectivity index (χ1) is 14.8. The maximum absolute atomic E-state index is 13.0. The zero-order valence-corrected chi connectivity index (χ0v) is 17.6. The van der Waals surface area contributed by atoms with E-state index in [2.05, 4.69) is 10.1 Å². The van der Waals surface area contributed by atoms with Crippen LogP contribution in [-0.4, -0.2) is 30.3 Å². The number of H-pyrrole nitrogens is 1. The Morgan fingerprint density at radius 3 is 2.42 bits per heavy atom. The van der Waals surface area contributed by atoms with Crippen LogP contribution in [-0.2, 0) is 16.4 Å². The Balaban J connectivity index is 1.75. The third-order valence-corrected chi connectivity index (χ3v) is 6.88. The first-order valence-corrected chi connectivity index (χ1v) is 10.9. The summed E-state index contributed by atoms with van der Waals surface area (Å²) in [6.07, 6.45) is 2.97. The molecule has 8 nitrogen and oxygen atoms in total. The first-order valence-electron chi connectivity index (χ1n) is 9.37. The van der Waals surface area contributed by atoms with Gasteiger partial charge in [-0.2, -0.15) is 5.10 Å². The Labute approximate surface area is 177 Å². The van der Waals surface area contributed by atoms with Crippen LogP contribution in [0.15, 0.2) is 80.3 Å². The van der Waals surface area contributed by atoms with Crippen molar-refractivity contribution in [2.24, 2.45) is 0 Å². The number of aromatic nitrogens is 3. The lowest BCUT2D eigenvalue weighted by Gasteiger charge is -2.09. The number of rotatable bonds is 5. The van der Waals surface area contributed by atoms with Crippen molar-refractivity contribution in [1.29, 1.82) is 0 Å². The monoisotopic (exact) mass is 437 g/mol. The molecule has 0 spiro atoms. The molecule has 0 atom stereocenters. The van der Waals surface area contributed by atoms with Crippen LogP contribution in [0.25, 0.3) is 10.8 Å². The summed E-state index contributed by atoms with van der Waals surface area (Å²) in [5, 5.41) is 4.85. The van der Waals surface area contributed by atoms with Crippen LogP contribution in [0.3, 0.4) is 0 Å². The van der Waals surface area contributed by atoms with E-state index in [1.807, 2.05) is 0 Å². The fraction of sp³-hybridized carbons (Fsp3) is 0.136. The van der Waals surface area contributed by atoms with E-state index in [1.165, 1.54) is 48.3 Å². The van der Waals surface area contributed by atoms with Gasteiger partial charge in [-0.3, -0.25) is 9.59 Å². The van der Waals surface area contributed by atoms with Gasteiger partial charge in [0.1, 0.15) is 5.75 Å². The van der Waals surface area contributed by atoms with E-state index in [1.54, 1.807) is 31.3 Å². The Kier molecular flexibility index (Phi) is 5.20. The van der Waals surface area contributed by atoms with E-state index in [9.17, 15) is 18.0 Å². The number of nitrogens with one attached hydrogen (secondary N) is 1. The lowest BCUT2D eigenvalue weighted by Crippen LogP contribution is -2.27. The summed E-state index contributed by atoms with van der Waals surface area (Å²) in [4.78, 5) is 27.7. The number of ether oxygens (including phenoxy) is 1. The molecular formula is C22H19N3O5S. The van der Waals surface area contributed by atoms with Gasteiger partial charge < -0.3 is 9.72 Å². The fourth-order valence-electron chi connectivity index (χ4n) is 3.29. The Morgan fingerprint density at radius 2 is 1.74 bits per heavy atom. The molecule has 2 aromatic carbocycles. The highest BCUT2D eigenvalue weighted by molar-refractivity contribution is 7.91. The molecule has 2 aromatic heterocycles. The number of nitrogens with zero attached hydrogens (tertiary/aromatic N) is 2. The lowest BCUT2D eigenvalue weighted by molar-refractivity contribution is 0.414. The molecule has 31 heavy (non-hydrogen) atoms. The quantitative estimate of drug-likeness (QED) is 0.513. The van der Waals surface area contributed by atoms with Gasteiger partial charge in [0.15, 0.2) is 0 Å². The van der Waals surface area contributed by atoms with Crippen molar-refractivity contribution in [2.75, 3.05) is 7.11 Å². The summed E-state index contributed by atoms with van der Waals surface area (Å²) >= 11 is 0. The smallest absolute Gasteiger partial charge is 0.274 e. The topological polar surface area (TPSA) is 111 Å². The first kappa shape index (κ1) is 20.5. The molecule has 158 valence electrons. The highest BCUT2D eigenvalue weighted by Gasteiger charge is 2.19. The SMILES string of the molecule is COc1ccc(S(=O)(=O)c2ccc3c(=O)n(Cc4c(C)cc[nH]c4=O)ncc3c2)cc1. The van der Waals surface area contributed by atoms with E-state index >= 15 is 0 Å². The Bertz CT molecular complexity index is 1500. The standard InChI is InChI=1S/C22H19N3O5S/c1-14-9-10-23-21(26)20(14)13-25-22(27)19-8-7-18(11-15(19)12-24-25)31(28,29)17-5-3-16(30-2)4-6-17/h3-12H,13H2,1-2H3,(H,23,26). The summed E-state index contributed by atoms with van der Waals surface area (Å²) in [5.74, 6) is 0.551.